The second-order valence-corrected chi connectivity index (χ2v) is 8.35. The lowest BCUT2D eigenvalue weighted by Crippen LogP contribution is -2.43. The third-order valence-electron chi connectivity index (χ3n) is 6.41. The molecule has 0 amide bonds. The minimum absolute atomic E-state index is 0.121. The molecule has 2 aliphatic heterocycles. The van der Waals surface area contributed by atoms with Crippen molar-refractivity contribution in [1.82, 2.24) is 4.90 Å². The molecule has 0 unspecified atom stereocenters. The van der Waals surface area contributed by atoms with Crippen LogP contribution in [-0.4, -0.2) is 62.8 Å². The number of fused-ring (bicyclic) bond motifs is 1. The average Bonchev–Trinajstić information content (AvgIpc) is 2.80. The van der Waals surface area contributed by atoms with E-state index in [9.17, 15) is 10.1 Å². The second-order valence-electron chi connectivity index (χ2n) is 8.35. The van der Waals surface area contributed by atoms with Gasteiger partial charge in [0.05, 0.1) is 31.3 Å². The molecule has 32 heavy (non-hydrogen) atoms. The second kappa shape index (κ2) is 10.2. The normalized spacial score (nSPS) is 26.1. The Morgan fingerprint density at radius 1 is 1.25 bits per heavy atom. The third-order valence-corrected chi connectivity index (χ3v) is 6.41. The lowest BCUT2D eigenvalue weighted by molar-refractivity contribution is -0.132. The van der Waals surface area contributed by atoms with E-state index in [4.69, 9.17) is 24.7 Å². The van der Waals surface area contributed by atoms with Crippen molar-refractivity contribution in [2.45, 2.75) is 38.2 Å². The van der Waals surface area contributed by atoms with Crippen molar-refractivity contribution in [2.75, 3.05) is 46.1 Å². The van der Waals surface area contributed by atoms with Crippen LogP contribution in [0.25, 0.3) is 0 Å². The van der Waals surface area contributed by atoms with E-state index in [2.05, 4.69) is 11.0 Å². The molecule has 3 atom stereocenters. The van der Waals surface area contributed by atoms with Crippen LogP contribution in [0.2, 0.25) is 0 Å². The number of carbonyl (C=O) groups excluding carboxylic acids is 1. The quantitative estimate of drug-likeness (QED) is 0.687. The van der Waals surface area contributed by atoms with E-state index in [1.807, 2.05) is 25.1 Å². The number of morpholine rings is 1. The molecule has 1 saturated heterocycles. The third kappa shape index (κ3) is 4.69. The Hall–Kier alpha value is -2.76. The van der Waals surface area contributed by atoms with E-state index in [1.54, 1.807) is 0 Å². The Bertz CT molecular complexity index is 903. The van der Waals surface area contributed by atoms with E-state index in [1.165, 1.54) is 0 Å². The fraction of sp³-hybridized carbons (Fsp3) is 0.583. The van der Waals surface area contributed by atoms with E-state index < -0.39 is 11.8 Å². The lowest BCUT2D eigenvalue weighted by Gasteiger charge is -2.40. The molecule has 0 spiro atoms. The number of rotatable bonds is 7. The number of ketones is 1. The predicted molar refractivity (Wildman–Crippen MR) is 117 cm³/mol. The van der Waals surface area contributed by atoms with Gasteiger partial charge in [-0.3, -0.25) is 9.69 Å². The van der Waals surface area contributed by atoms with Crippen LogP contribution >= 0.6 is 0 Å². The topological polar surface area (TPSA) is 107 Å². The van der Waals surface area contributed by atoms with Crippen LogP contribution in [0.4, 0.5) is 0 Å². The zero-order valence-corrected chi connectivity index (χ0v) is 18.5. The molecule has 1 saturated carbocycles. The number of hydrogen-bond acceptors (Lipinski definition) is 8. The number of Topliss-reactive ketones (excluding diaryl/α,β-unsaturated/α-hetero) is 1. The van der Waals surface area contributed by atoms with Crippen molar-refractivity contribution in [2.24, 2.45) is 11.7 Å². The summed E-state index contributed by atoms with van der Waals surface area (Å²) < 4.78 is 23.1. The van der Waals surface area contributed by atoms with Gasteiger partial charge in [0.1, 0.15) is 24.6 Å². The first-order valence-electron chi connectivity index (χ1n) is 11.4. The molecule has 8 nitrogen and oxygen atoms in total. The highest BCUT2D eigenvalue weighted by atomic mass is 16.5. The minimum Gasteiger partial charge on any atom is -0.490 e. The van der Waals surface area contributed by atoms with Gasteiger partial charge in [-0.05, 0) is 37.5 Å². The van der Waals surface area contributed by atoms with E-state index in [0.29, 0.717) is 36.7 Å². The van der Waals surface area contributed by atoms with Crippen molar-refractivity contribution >= 4 is 5.78 Å². The molecule has 2 N–H and O–H groups in total. The van der Waals surface area contributed by atoms with Crippen LogP contribution in [0.5, 0.6) is 11.5 Å². The minimum atomic E-state index is -0.437. The van der Waals surface area contributed by atoms with Gasteiger partial charge in [-0.15, -0.1) is 0 Å². The maximum atomic E-state index is 12.8. The molecule has 4 rings (SSSR count). The van der Waals surface area contributed by atoms with Gasteiger partial charge in [0.2, 0.25) is 0 Å². The standard InChI is InChI=1S/C24H31N3O5/c1-2-30-21-14-16(6-7-19(21)31-13-10-27-8-11-29-12-9-27)22-17(15-25)24(26)32-20-5-3-4-18(28)23(20)22/h6-7,14,20,22-23H,2-5,8-13,26H2,1H3/t20-,22+,23+/m0/s1. The SMILES string of the molecule is CCOc1cc([C@@H]2C(C#N)=C(N)O[C@H]3CCCC(=O)[C@H]32)ccc1OCCN1CCOCC1. The summed E-state index contributed by atoms with van der Waals surface area (Å²) in [6.07, 6.45) is 1.74. The number of carbonyl (C=O) groups is 1. The maximum absolute atomic E-state index is 12.8. The number of nitrogens with two attached hydrogens (primary N) is 1. The summed E-state index contributed by atoms with van der Waals surface area (Å²) in [6, 6.07) is 7.84. The van der Waals surface area contributed by atoms with Gasteiger partial charge in [0, 0.05) is 32.0 Å². The molecule has 0 aromatic heterocycles. The van der Waals surface area contributed by atoms with Crippen molar-refractivity contribution < 1.29 is 23.7 Å². The Morgan fingerprint density at radius 3 is 2.81 bits per heavy atom. The van der Waals surface area contributed by atoms with Gasteiger partial charge in [-0.2, -0.15) is 5.26 Å². The molecule has 1 aromatic rings. The Kier molecular flexibility index (Phi) is 7.18. The van der Waals surface area contributed by atoms with Gasteiger partial charge >= 0.3 is 0 Å². The summed E-state index contributed by atoms with van der Waals surface area (Å²) in [5.74, 6) is 0.654. The number of nitriles is 1. The molecule has 172 valence electrons. The van der Waals surface area contributed by atoms with Crippen molar-refractivity contribution in [3.63, 3.8) is 0 Å². The number of ether oxygens (including phenoxy) is 4. The zero-order valence-electron chi connectivity index (χ0n) is 18.5. The van der Waals surface area contributed by atoms with Crippen LogP contribution in [0, 0.1) is 17.2 Å². The summed E-state index contributed by atoms with van der Waals surface area (Å²) >= 11 is 0. The smallest absolute Gasteiger partial charge is 0.199 e. The van der Waals surface area contributed by atoms with Gasteiger partial charge in [-0.1, -0.05) is 6.07 Å². The molecule has 1 aromatic carbocycles. The molecule has 2 heterocycles. The van der Waals surface area contributed by atoms with Gasteiger partial charge < -0.3 is 24.7 Å². The Morgan fingerprint density at radius 2 is 2.06 bits per heavy atom. The summed E-state index contributed by atoms with van der Waals surface area (Å²) in [4.78, 5) is 15.1. The first-order valence-corrected chi connectivity index (χ1v) is 11.4. The summed E-state index contributed by atoms with van der Waals surface area (Å²) in [5, 5.41) is 9.79. The number of benzene rings is 1. The molecule has 3 aliphatic rings. The number of hydrogen-bond donors (Lipinski definition) is 1. The summed E-state index contributed by atoms with van der Waals surface area (Å²) in [6.45, 7) is 7.06. The van der Waals surface area contributed by atoms with Crippen molar-refractivity contribution in [3.8, 4) is 17.6 Å². The molecule has 0 radical (unpaired) electrons. The predicted octanol–water partition coefficient (Wildman–Crippen LogP) is 2.34. The first-order chi connectivity index (χ1) is 15.6. The molecular weight excluding hydrogens is 410 g/mol. The van der Waals surface area contributed by atoms with Crippen molar-refractivity contribution in [1.29, 1.82) is 5.26 Å². The highest BCUT2D eigenvalue weighted by Crippen LogP contribution is 2.46. The van der Waals surface area contributed by atoms with E-state index in [0.717, 1.165) is 51.3 Å². The zero-order chi connectivity index (χ0) is 22.5. The largest absolute Gasteiger partial charge is 0.490 e. The fourth-order valence-electron chi connectivity index (χ4n) is 4.84. The number of allylic oxidation sites excluding steroid dienone is 1. The van der Waals surface area contributed by atoms with Crippen LogP contribution in [0.3, 0.4) is 0 Å². The molecule has 0 bridgehead atoms. The van der Waals surface area contributed by atoms with E-state index in [-0.39, 0.29) is 17.8 Å². The highest BCUT2D eigenvalue weighted by molar-refractivity contribution is 5.84. The van der Waals surface area contributed by atoms with Crippen LogP contribution < -0.4 is 15.2 Å². The average molecular weight is 442 g/mol. The van der Waals surface area contributed by atoms with Crippen molar-refractivity contribution in [3.05, 3.63) is 35.2 Å². The molecule has 2 fully saturated rings. The molecule has 1 aliphatic carbocycles. The monoisotopic (exact) mass is 441 g/mol. The highest BCUT2D eigenvalue weighted by Gasteiger charge is 2.46. The van der Waals surface area contributed by atoms with Gasteiger partial charge in [-0.25, -0.2) is 0 Å². The summed E-state index contributed by atoms with van der Waals surface area (Å²) in [5.41, 5.74) is 7.22. The van der Waals surface area contributed by atoms with Gasteiger partial charge in [0.25, 0.3) is 0 Å². The van der Waals surface area contributed by atoms with Gasteiger partial charge in [0.15, 0.2) is 17.4 Å². The fourth-order valence-corrected chi connectivity index (χ4v) is 4.84. The maximum Gasteiger partial charge on any atom is 0.199 e. The summed E-state index contributed by atoms with van der Waals surface area (Å²) in [7, 11) is 0. The molecule has 8 heteroatoms. The van der Waals surface area contributed by atoms with Crippen LogP contribution in [0.15, 0.2) is 29.7 Å². The van der Waals surface area contributed by atoms with E-state index >= 15 is 0 Å². The Labute approximate surface area is 188 Å². The molecular formula is C24H31N3O5. The Balaban J connectivity index is 1.57. The van der Waals surface area contributed by atoms with Crippen LogP contribution in [-0.2, 0) is 14.3 Å². The lowest BCUT2D eigenvalue weighted by atomic mass is 9.70. The first kappa shape index (κ1) is 22.4. The number of nitrogens with zero attached hydrogens (tertiary/aromatic N) is 2. The van der Waals surface area contributed by atoms with Crippen LogP contribution in [0.1, 0.15) is 37.7 Å².